The van der Waals surface area contributed by atoms with Crippen molar-refractivity contribution in [2.45, 2.75) is 81.1 Å². The third kappa shape index (κ3) is 11.7. The first kappa shape index (κ1) is 43.5. The normalized spacial score (nSPS) is 24.0. The van der Waals surface area contributed by atoms with E-state index in [0.29, 0.717) is 35.8 Å². The summed E-state index contributed by atoms with van der Waals surface area (Å²) in [4.78, 5) is 116. The molecule has 58 heavy (non-hydrogen) atoms. The number of fused-ring (bicyclic) bond motifs is 1. The lowest BCUT2D eigenvalue weighted by Crippen LogP contribution is -2.66. The van der Waals surface area contributed by atoms with E-state index in [0.717, 1.165) is 5.52 Å². The van der Waals surface area contributed by atoms with Crippen molar-refractivity contribution in [3.05, 3.63) is 65.9 Å². The van der Waals surface area contributed by atoms with E-state index < -0.39 is 108 Å². The minimum Gasteiger partial charge on any atom is -0.404 e. The molecule has 2 aliphatic rings. The molecule has 1 aromatic heterocycles. The number of para-hydroxylation sites is 1. The largest absolute Gasteiger partial charge is 0.524 e. The van der Waals surface area contributed by atoms with Crippen LogP contribution in [-0.2, 0) is 61.8 Å². The van der Waals surface area contributed by atoms with Gasteiger partial charge in [0.15, 0.2) is 0 Å². The van der Waals surface area contributed by atoms with Crippen LogP contribution >= 0.6 is 7.82 Å². The Balaban J connectivity index is 1.50. The van der Waals surface area contributed by atoms with Crippen LogP contribution in [0.1, 0.15) is 49.7 Å². The molecule has 0 bridgehead atoms. The van der Waals surface area contributed by atoms with E-state index in [1.165, 1.54) is 24.3 Å². The molecular formula is C36H45N8O12PS. The van der Waals surface area contributed by atoms with Crippen LogP contribution in [0.25, 0.3) is 10.9 Å². The van der Waals surface area contributed by atoms with Gasteiger partial charge in [0, 0.05) is 40.7 Å². The Labute approximate surface area is 334 Å². The van der Waals surface area contributed by atoms with E-state index >= 15 is 0 Å². The van der Waals surface area contributed by atoms with Crippen LogP contribution in [0.2, 0.25) is 0 Å². The number of carbonyl (C=O) groups excluding carboxylic acids is 7. The maximum absolute atomic E-state index is 14.3. The molecule has 22 heteroatoms. The van der Waals surface area contributed by atoms with Gasteiger partial charge in [-0.05, 0) is 42.2 Å². The summed E-state index contributed by atoms with van der Waals surface area (Å²) in [6.07, 6.45) is 2.41. The highest BCUT2D eigenvalue weighted by Gasteiger charge is 2.44. The number of hydrogen-bond donors (Lipinski definition) is 10. The number of rotatable bonds is 9. The van der Waals surface area contributed by atoms with E-state index in [-0.39, 0.29) is 31.4 Å². The summed E-state index contributed by atoms with van der Waals surface area (Å²) in [5.41, 5.74) is 11.1. The molecule has 1 spiro atoms. The second kappa shape index (κ2) is 18.8. The van der Waals surface area contributed by atoms with Crippen molar-refractivity contribution in [1.82, 2.24) is 31.6 Å². The van der Waals surface area contributed by atoms with Gasteiger partial charge in [-0.25, -0.2) is 4.57 Å². The molecule has 312 valence electrons. The van der Waals surface area contributed by atoms with Crippen LogP contribution in [0.3, 0.4) is 0 Å². The van der Waals surface area contributed by atoms with Gasteiger partial charge in [0.05, 0.1) is 12.2 Å². The number of hydrogen-bond acceptors (Lipinski definition) is 10. The summed E-state index contributed by atoms with van der Waals surface area (Å²) in [5, 5.41) is 13.5. The van der Waals surface area contributed by atoms with Gasteiger partial charge < -0.3 is 47.6 Å². The zero-order chi connectivity index (χ0) is 42.2. The number of nitrogens with one attached hydrogen (secondary N) is 6. The predicted octanol–water partition coefficient (Wildman–Crippen LogP) is -1.69. The van der Waals surface area contributed by atoms with Crippen molar-refractivity contribution >= 4 is 70.9 Å². The van der Waals surface area contributed by atoms with Crippen LogP contribution < -0.4 is 42.6 Å². The molecule has 12 N–H and O–H groups in total. The maximum atomic E-state index is 14.3. The van der Waals surface area contributed by atoms with Gasteiger partial charge in [0.25, 0.3) is 0 Å². The fourth-order valence-corrected chi connectivity index (χ4v) is 8.47. The smallest absolute Gasteiger partial charge is 0.404 e. The lowest BCUT2D eigenvalue weighted by atomic mass is 9.80. The SMILES string of the molecule is NC(=O)C[C@H]1NC(=O)C2(CCCCC2)NC(=O)[C@@H](Cc2ccc(OP(=O)(O)O)cc2)NC(=O)C[S@](=O)C[C@H](C(N)=O)NC(=O)[C@@H](Cc2c[nH]c3ccccc23)NC1=O. The van der Waals surface area contributed by atoms with Crippen molar-refractivity contribution in [2.75, 3.05) is 11.5 Å². The Hall–Kier alpha value is -5.63. The lowest BCUT2D eigenvalue weighted by molar-refractivity contribution is -0.139. The summed E-state index contributed by atoms with van der Waals surface area (Å²) < 4.78 is 29.2. The molecule has 1 aliphatic heterocycles. The van der Waals surface area contributed by atoms with Gasteiger partial charge in [-0.15, -0.1) is 0 Å². The van der Waals surface area contributed by atoms with Crippen LogP contribution in [-0.4, -0.2) is 102 Å². The lowest BCUT2D eigenvalue weighted by Gasteiger charge is -2.38. The van der Waals surface area contributed by atoms with E-state index in [1.54, 1.807) is 30.5 Å². The molecule has 5 rings (SSSR count). The second-order valence-electron chi connectivity index (χ2n) is 14.2. The van der Waals surface area contributed by atoms with Crippen LogP contribution in [0.4, 0.5) is 0 Å². The number of aromatic amines is 1. The number of primary amides is 2. The molecule has 1 saturated carbocycles. The Morgan fingerprint density at radius 1 is 0.828 bits per heavy atom. The molecule has 20 nitrogen and oxygen atoms in total. The molecule has 1 saturated heterocycles. The Morgan fingerprint density at radius 2 is 1.48 bits per heavy atom. The Kier molecular flexibility index (Phi) is 14.1. The molecule has 0 unspecified atom stereocenters. The zero-order valence-corrected chi connectivity index (χ0v) is 32.8. The summed E-state index contributed by atoms with van der Waals surface area (Å²) in [5.74, 6) is -8.11. The molecule has 2 aromatic carbocycles. The van der Waals surface area contributed by atoms with Crippen molar-refractivity contribution in [1.29, 1.82) is 0 Å². The summed E-state index contributed by atoms with van der Waals surface area (Å²) in [6.45, 7) is 0. The highest BCUT2D eigenvalue weighted by molar-refractivity contribution is 7.85. The summed E-state index contributed by atoms with van der Waals surface area (Å²) in [7, 11) is -7.04. The second-order valence-corrected chi connectivity index (χ2v) is 16.9. The third-order valence-corrected chi connectivity index (χ3v) is 11.5. The fourth-order valence-electron chi connectivity index (χ4n) is 6.96. The van der Waals surface area contributed by atoms with Crippen molar-refractivity contribution in [3.8, 4) is 5.75 Å². The maximum Gasteiger partial charge on any atom is 0.524 e. The molecule has 2 heterocycles. The number of nitrogens with two attached hydrogens (primary N) is 2. The number of amides is 7. The first-order chi connectivity index (χ1) is 27.4. The summed E-state index contributed by atoms with van der Waals surface area (Å²) in [6, 6.07) is 6.25. The molecule has 2 fully saturated rings. The molecule has 3 aromatic rings. The molecular weight excluding hydrogens is 799 g/mol. The number of aromatic nitrogens is 1. The monoisotopic (exact) mass is 844 g/mol. The number of phosphoric ester groups is 1. The average Bonchev–Trinajstić information content (AvgIpc) is 3.56. The topological polar surface area (TPSA) is 331 Å². The fraction of sp³-hybridized carbons (Fsp3) is 0.417. The van der Waals surface area contributed by atoms with Gasteiger partial charge in [-0.2, -0.15) is 0 Å². The van der Waals surface area contributed by atoms with E-state index in [4.69, 9.17) is 21.3 Å². The molecule has 7 amide bonds. The number of phosphoric acid groups is 1. The van der Waals surface area contributed by atoms with Crippen molar-refractivity contribution in [3.63, 3.8) is 0 Å². The number of benzene rings is 2. The van der Waals surface area contributed by atoms with Gasteiger partial charge in [-0.1, -0.05) is 49.6 Å². The van der Waals surface area contributed by atoms with Crippen molar-refractivity contribution in [2.24, 2.45) is 11.5 Å². The third-order valence-electron chi connectivity index (χ3n) is 9.81. The van der Waals surface area contributed by atoms with Crippen LogP contribution in [0.5, 0.6) is 5.75 Å². The Morgan fingerprint density at radius 3 is 2.14 bits per heavy atom. The average molecular weight is 845 g/mol. The summed E-state index contributed by atoms with van der Waals surface area (Å²) >= 11 is 0. The molecule has 0 radical (unpaired) electrons. The van der Waals surface area contributed by atoms with Gasteiger partial charge in [0.1, 0.15) is 41.2 Å². The van der Waals surface area contributed by atoms with Crippen molar-refractivity contribution < 1.29 is 56.6 Å². The molecule has 1 aliphatic carbocycles. The van der Waals surface area contributed by atoms with Gasteiger partial charge in [-0.3, -0.25) is 47.6 Å². The first-order valence-corrected chi connectivity index (χ1v) is 21.3. The van der Waals surface area contributed by atoms with Crippen LogP contribution in [0.15, 0.2) is 54.7 Å². The van der Waals surface area contributed by atoms with E-state index in [2.05, 4.69) is 36.1 Å². The van der Waals surface area contributed by atoms with E-state index in [1.807, 2.05) is 0 Å². The van der Waals surface area contributed by atoms with Gasteiger partial charge in [0.2, 0.25) is 41.4 Å². The zero-order valence-electron chi connectivity index (χ0n) is 31.1. The predicted molar refractivity (Wildman–Crippen MR) is 207 cm³/mol. The number of carbonyl (C=O) groups is 7. The standard InChI is InChI=1S/C36H45N8O12PS/c37-29(45)16-27-33(49)41-26(15-21-17-39-24-7-3-2-6-23(21)24)32(48)42-28(31(38)47)18-58(55)19-30(46)40-25(14-20-8-10-22(11-9-20)56-57(52,53)54)34(50)44-36(35(51)43-27)12-4-1-5-13-36/h2-3,6-11,17,25-28,39H,1,4-5,12-16,18-19H2,(H2,37,45)(H2,38,47)(H,40,46)(H,41,49)(H,42,48)(H,43,51)(H,44,50)(H2,52,53,54)/t25-,26-,27-,28-,58-/m1/s1. The highest BCUT2D eigenvalue weighted by Crippen LogP contribution is 2.37. The van der Waals surface area contributed by atoms with Crippen LogP contribution in [0, 0.1) is 0 Å². The van der Waals surface area contributed by atoms with Gasteiger partial charge >= 0.3 is 7.82 Å². The highest BCUT2D eigenvalue weighted by atomic mass is 32.2. The quantitative estimate of drug-likeness (QED) is 0.108. The number of H-pyrrole nitrogens is 1. The minimum atomic E-state index is -4.88. The molecule has 5 atom stereocenters. The first-order valence-electron chi connectivity index (χ1n) is 18.3. The minimum absolute atomic E-state index is 0.106. The van der Waals surface area contributed by atoms with E-state index in [9.17, 15) is 42.3 Å². The Bertz CT molecular complexity index is 2130.